The van der Waals surface area contributed by atoms with Gasteiger partial charge in [0.05, 0.1) is 17.6 Å². The molecule has 6 nitrogen and oxygen atoms in total. The standard InChI is InChI=1S/C24H30ClNO5S/c1-2-30-21(28)19-16-5-3-4-6-17(16)32-20(19)26-18(27)12-31-22(29)23-8-14-7-15(9-23)11-24(25,10-14)13-23/h14-15H,2-13H2,1H3,(H,26,27)/t14-,15+,23?,24?. The molecule has 2 unspecified atom stereocenters. The van der Waals surface area contributed by atoms with E-state index in [0.717, 1.165) is 68.2 Å². The largest absolute Gasteiger partial charge is 0.462 e. The number of nitrogens with one attached hydrogen (secondary N) is 1. The molecule has 4 bridgehead atoms. The van der Waals surface area contributed by atoms with Gasteiger partial charge in [0.15, 0.2) is 6.61 Å². The number of rotatable bonds is 6. The lowest BCUT2D eigenvalue weighted by Gasteiger charge is -2.58. The van der Waals surface area contributed by atoms with Crippen LogP contribution in [0.15, 0.2) is 0 Å². The Morgan fingerprint density at radius 3 is 2.50 bits per heavy atom. The number of ether oxygens (including phenoxy) is 2. The van der Waals surface area contributed by atoms with Gasteiger partial charge in [0.1, 0.15) is 5.00 Å². The van der Waals surface area contributed by atoms with E-state index in [0.29, 0.717) is 28.8 Å². The van der Waals surface area contributed by atoms with Gasteiger partial charge in [0.25, 0.3) is 5.91 Å². The second-order valence-electron chi connectivity index (χ2n) is 10.2. The molecular weight excluding hydrogens is 450 g/mol. The van der Waals surface area contributed by atoms with Crippen molar-refractivity contribution >= 4 is 45.8 Å². The average Bonchev–Trinajstić information content (AvgIpc) is 3.08. The van der Waals surface area contributed by atoms with Gasteiger partial charge < -0.3 is 14.8 Å². The van der Waals surface area contributed by atoms with Crippen LogP contribution in [0.4, 0.5) is 5.00 Å². The Kier molecular flexibility index (Phi) is 5.77. The molecule has 1 aromatic rings. The van der Waals surface area contributed by atoms with E-state index < -0.39 is 17.3 Å². The van der Waals surface area contributed by atoms with Gasteiger partial charge in [0.2, 0.25) is 0 Å². The number of hydrogen-bond acceptors (Lipinski definition) is 6. The topological polar surface area (TPSA) is 81.7 Å². The first kappa shape index (κ1) is 22.2. The number of carbonyl (C=O) groups is 3. The Hall–Kier alpha value is -1.60. The average molecular weight is 480 g/mol. The van der Waals surface area contributed by atoms with Crippen LogP contribution in [0.3, 0.4) is 0 Å². The molecule has 174 valence electrons. The van der Waals surface area contributed by atoms with Crippen molar-refractivity contribution in [2.75, 3.05) is 18.5 Å². The van der Waals surface area contributed by atoms with E-state index in [-0.39, 0.29) is 24.1 Å². The summed E-state index contributed by atoms with van der Waals surface area (Å²) in [5, 5.41) is 3.32. The summed E-state index contributed by atoms with van der Waals surface area (Å²) in [5.41, 5.74) is 0.925. The number of esters is 2. The summed E-state index contributed by atoms with van der Waals surface area (Å²) in [5.74, 6) is -0.143. The molecule has 0 aliphatic heterocycles. The Morgan fingerprint density at radius 2 is 1.81 bits per heavy atom. The molecule has 0 saturated heterocycles. The highest BCUT2D eigenvalue weighted by Gasteiger charge is 2.60. The fourth-order valence-corrected chi connectivity index (χ4v) is 8.90. The Bertz CT molecular complexity index is 942. The minimum atomic E-state index is -0.537. The molecule has 8 heteroatoms. The van der Waals surface area contributed by atoms with Crippen LogP contribution in [0, 0.1) is 17.3 Å². The summed E-state index contributed by atoms with van der Waals surface area (Å²) >= 11 is 8.26. The summed E-state index contributed by atoms with van der Waals surface area (Å²) in [6.45, 7) is 1.69. The van der Waals surface area contributed by atoms with Crippen LogP contribution >= 0.6 is 22.9 Å². The minimum Gasteiger partial charge on any atom is -0.462 e. The maximum absolute atomic E-state index is 13.1. The normalized spacial score (nSPS) is 32.3. The van der Waals surface area contributed by atoms with Gasteiger partial charge in [-0.3, -0.25) is 9.59 Å². The Morgan fingerprint density at radius 1 is 1.09 bits per heavy atom. The molecule has 4 fully saturated rings. The van der Waals surface area contributed by atoms with Crippen LogP contribution in [0.25, 0.3) is 0 Å². The Balaban J connectivity index is 1.25. The predicted octanol–water partition coefficient (Wildman–Crippen LogP) is 4.86. The molecule has 1 aromatic heterocycles. The molecule has 32 heavy (non-hydrogen) atoms. The number of amides is 1. The monoisotopic (exact) mass is 479 g/mol. The van der Waals surface area contributed by atoms with Crippen LogP contribution in [-0.2, 0) is 31.9 Å². The number of anilines is 1. The highest BCUT2D eigenvalue weighted by molar-refractivity contribution is 7.17. The van der Waals surface area contributed by atoms with Crippen LogP contribution in [0.5, 0.6) is 0 Å². The maximum Gasteiger partial charge on any atom is 0.341 e. The van der Waals surface area contributed by atoms with Gasteiger partial charge in [0, 0.05) is 9.75 Å². The summed E-state index contributed by atoms with van der Waals surface area (Å²) in [7, 11) is 0. The van der Waals surface area contributed by atoms with Crippen LogP contribution in [-0.4, -0.2) is 35.9 Å². The number of thiophene rings is 1. The maximum atomic E-state index is 13.1. The molecular formula is C24H30ClNO5S. The van der Waals surface area contributed by atoms with Crippen molar-refractivity contribution < 1.29 is 23.9 Å². The van der Waals surface area contributed by atoms with E-state index in [1.54, 1.807) is 6.92 Å². The lowest BCUT2D eigenvalue weighted by atomic mass is 9.49. The summed E-state index contributed by atoms with van der Waals surface area (Å²) in [6, 6.07) is 0. The molecule has 0 radical (unpaired) electrons. The predicted molar refractivity (Wildman–Crippen MR) is 122 cm³/mol. The van der Waals surface area contributed by atoms with Crippen molar-refractivity contribution in [2.24, 2.45) is 17.3 Å². The van der Waals surface area contributed by atoms with Gasteiger partial charge in [-0.2, -0.15) is 0 Å². The second kappa shape index (κ2) is 8.32. The smallest absolute Gasteiger partial charge is 0.341 e. The van der Waals surface area contributed by atoms with E-state index in [9.17, 15) is 14.4 Å². The number of halogens is 1. The van der Waals surface area contributed by atoms with E-state index in [2.05, 4.69) is 5.32 Å². The van der Waals surface area contributed by atoms with Crippen LogP contribution in [0.2, 0.25) is 0 Å². The van der Waals surface area contributed by atoms with Crippen LogP contribution in [0.1, 0.15) is 79.1 Å². The lowest BCUT2D eigenvalue weighted by molar-refractivity contribution is -0.171. The van der Waals surface area contributed by atoms with Crippen molar-refractivity contribution in [3.8, 4) is 0 Å². The first-order chi connectivity index (χ1) is 15.3. The van der Waals surface area contributed by atoms with Crippen molar-refractivity contribution in [1.29, 1.82) is 0 Å². The molecule has 1 N–H and O–H groups in total. The lowest BCUT2D eigenvalue weighted by Crippen LogP contribution is -2.56. The van der Waals surface area contributed by atoms with Crippen molar-refractivity contribution in [1.82, 2.24) is 0 Å². The highest BCUT2D eigenvalue weighted by Crippen LogP contribution is 2.64. The molecule has 1 heterocycles. The molecule has 6 rings (SSSR count). The van der Waals surface area contributed by atoms with Crippen molar-refractivity contribution in [2.45, 2.75) is 76.0 Å². The fourth-order valence-electron chi connectivity index (χ4n) is 6.91. The summed E-state index contributed by atoms with van der Waals surface area (Å²) < 4.78 is 10.8. The van der Waals surface area contributed by atoms with E-state index in [1.165, 1.54) is 11.3 Å². The van der Waals surface area contributed by atoms with Crippen molar-refractivity contribution in [3.63, 3.8) is 0 Å². The first-order valence-corrected chi connectivity index (χ1v) is 13.0. The summed E-state index contributed by atoms with van der Waals surface area (Å²) in [6.07, 6.45) is 9.24. The van der Waals surface area contributed by atoms with E-state index in [4.69, 9.17) is 21.1 Å². The fraction of sp³-hybridized carbons (Fsp3) is 0.708. The third kappa shape index (κ3) is 3.96. The number of aryl methyl sites for hydroxylation is 1. The molecule has 5 aliphatic carbocycles. The van der Waals surface area contributed by atoms with Gasteiger partial charge in [-0.1, -0.05) is 0 Å². The zero-order valence-corrected chi connectivity index (χ0v) is 20.0. The number of hydrogen-bond donors (Lipinski definition) is 1. The van der Waals surface area contributed by atoms with E-state index in [1.807, 2.05) is 0 Å². The Labute approximate surface area is 197 Å². The third-order valence-corrected chi connectivity index (χ3v) is 9.31. The van der Waals surface area contributed by atoms with Gasteiger partial charge in [-0.25, -0.2) is 4.79 Å². The first-order valence-electron chi connectivity index (χ1n) is 11.8. The number of alkyl halides is 1. The zero-order chi connectivity index (χ0) is 22.5. The molecule has 4 saturated carbocycles. The molecule has 1 amide bonds. The summed E-state index contributed by atoms with van der Waals surface area (Å²) in [4.78, 5) is 39.2. The number of carbonyl (C=O) groups excluding carboxylic acids is 3. The van der Waals surface area contributed by atoms with Crippen LogP contribution < -0.4 is 5.32 Å². The zero-order valence-electron chi connectivity index (χ0n) is 18.5. The third-order valence-electron chi connectivity index (χ3n) is 7.66. The quantitative estimate of drug-likeness (QED) is 0.465. The van der Waals surface area contributed by atoms with E-state index >= 15 is 0 Å². The van der Waals surface area contributed by atoms with Gasteiger partial charge in [-0.15, -0.1) is 22.9 Å². The molecule has 5 aliphatic rings. The number of fused-ring (bicyclic) bond motifs is 1. The second-order valence-corrected chi connectivity index (χ2v) is 12.1. The minimum absolute atomic E-state index is 0.278. The van der Waals surface area contributed by atoms with Gasteiger partial charge in [-0.05, 0) is 88.5 Å². The molecule has 0 spiro atoms. The van der Waals surface area contributed by atoms with Crippen molar-refractivity contribution in [3.05, 3.63) is 16.0 Å². The molecule has 0 aromatic carbocycles. The van der Waals surface area contributed by atoms with Gasteiger partial charge >= 0.3 is 11.9 Å². The molecule has 4 atom stereocenters. The SMILES string of the molecule is CCOC(=O)c1c(NC(=O)COC(=O)C23C[C@@H]4C[C@@H](CC(Cl)(C4)C2)C3)sc2c1CCCC2. The highest BCUT2D eigenvalue weighted by atomic mass is 35.5.